The van der Waals surface area contributed by atoms with Gasteiger partial charge in [-0.25, -0.2) is 9.78 Å². The molecule has 0 unspecified atom stereocenters. The number of nitrogens with one attached hydrogen (secondary N) is 1. The molecule has 246 valence electrons. The van der Waals surface area contributed by atoms with Gasteiger partial charge in [-0.15, -0.1) is 0 Å². The summed E-state index contributed by atoms with van der Waals surface area (Å²) in [4.78, 5) is 29.9. The second-order valence-electron chi connectivity index (χ2n) is 12.2. The quantitative estimate of drug-likeness (QED) is 0.138. The Balaban J connectivity index is 1.39. The molecule has 1 aliphatic rings. The molecule has 1 amide bonds. The lowest BCUT2D eigenvalue weighted by atomic mass is 9.80. The van der Waals surface area contributed by atoms with E-state index in [0.717, 1.165) is 54.6 Å². The average molecular weight is 675 g/mol. The van der Waals surface area contributed by atoms with Gasteiger partial charge in [0.2, 0.25) is 5.91 Å². The van der Waals surface area contributed by atoms with Crippen molar-refractivity contribution in [3.05, 3.63) is 118 Å². The van der Waals surface area contributed by atoms with Crippen molar-refractivity contribution >= 4 is 35.1 Å². The topological polar surface area (TPSA) is 93.5 Å². The summed E-state index contributed by atoms with van der Waals surface area (Å²) >= 11 is 12.8. The minimum absolute atomic E-state index is 0.00947. The number of benzene rings is 3. The monoisotopic (exact) mass is 673 g/mol. The highest BCUT2D eigenvalue weighted by Crippen LogP contribution is 2.34. The van der Waals surface area contributed by atoms with Crippen molar-refractivity contribution in [2.75, 3.05) is 0 Å². The molecule has 1 aromatic heterocycles. The van der Waals surface area contributed by atoms with E-state index >= 15 is 0 Å². The molecular formula is C38H41Cl2N3O4. The number of carbonyl (C=O) groups excluding carboxylic acids is 1. The number of aromatic nitrogens is 2. The Morgan fingerprint density at radius 3 is 2.36 bits per heavy atom. The van der Waals surface area contributed by atoms with Gasteiger partial charge in [0, 0.05) is 29.2 Å². The van der Waals surface area contributed by atoms with E-state index in [4.69, 9.17) is 38.0 Å². The maximum absolute atomic E-state index is 13.7. The van der Waals surface area contributed by atoms with E-state index in [0.29, 0.717) is 47.0 Å². The Kier molecular flexibility index (Phi) is 11.8. The van der Waals surface area contributed by atoms with Crippen LogP contribution in [0.15, 0.2) is 85.1 Å². The largest absolute Gasteiger partial charge is 0.489 e. The Morgan fingerprint density at radius 2 is 1.72 bits per heavy atom. The summed E-state index contributed by atoms with van der Waals surface area (Å²) in [7, 11) is 0. The van der Waals surface area contributed by atoms with E-state index in [1.807, 2.05) is 49.5 Å². The van der Waals surface area contributed by atoms with E-state index in [9.17, 15) is 9.59 Å². The standard InChI is InChI=1S/C38H41Cl2N3O4/c1-3-5-20-43-23-35(32-19-16-30(39)22-33(32)40)41-36(43)34(42-37(44)28-12-6-25(4-2)7-13-28)21-26-10-17-31(18-11-26)47-24-27-8-14-29(15-9-27)38(45)46/h3,5,8-11,14-19,22-23,25,28,34H,4,6-7,12-13,20-21,24H2,1-2H3,(H,42,44)(H,45,46)/b5-3+/t25?,28?,34-/m0/s1. The third-order valence-electron chi connectivity index (χ3n) is 8.94. The molecule has 0 bridgehead atoms. The van der Waals surface area contributed by atoms with Crippen molar-refractivity contribution in [3.63, 3.8) is 0 Å². The number of ether oxygens (including phenoxy) is 1. The minimum atomic E-state index is -0.958. The second kappa shape index (κ2) is 16.2. The fraction of sp³-hybridized carbons (Fsp3) is 0.342. The molecule has 0 spiro atoms. The van der Waals surface area contributed by atoms with Gasteiger partial charge in [0.15, 0.2) is 0 Å². The van der Waals surface area contributed by atoms with Crippen LogP contribution >= 0.6 is 23.2 Å². The van der Waals surface area contributed by atoms with Crippen LogP contribution in [0.2, 0.25) is 10.0 Å². The SMILES string of the molecule is C/C=C/Cn1cc(-c2ccc(Cl)cc2Cl)nc1[C@H](Cc1ccc(OCc2ccc(C(=O)O)cc2)cc1)NC(=O)C1CCC(CC)CC1. The zero-order valence-corrected chi connectivity index (χ0v) is 28.3. The first-order valence-electron chi connectivity index (χ1n) is 16.2. The molecule has 1 saturated carbocycles. The molecule has 4 aromatic rings. The molecule has 1 fully saturated rings. The number of carbonyl (C=O) groups is 2. The third-order valence-corrected chi connectivity index (χ3v) is 9.49. The molecule has 5 rings (SSSR count). The summed E-state index contributed by atoms with van der Waals surface area (Å²) in [5.41, 5.74) is 3.63. The molecule has 0 radical (unpaired) electrons. The smallest absolute Gasteiger partial charge is 0.335 e. The van der Waals surface area contributed by atoms with Gasteiger partial charge in [-0.2, -0.15) is 0 Å². The third kappa shape index (κ3) is 9.05. The van der Waals surface area contributed by atoms with Crippen molar-refractivity contribution in [2.24, 2.45) is 11.8 Å². The van der Waals surface area contributed by atoms with Crippen molar-refractivity contribution in [3.8, 4) is 17.0 Å². The molecular weight excluding hydrogens is 633 g/mol. The Morgan fingerprint density at radius 1 is 1.02 bits per heavy atom. The van der Waals surface area contributed by atoms with E-state index in [-0.39, 0.29) is 23.4 Å². The summed E-state index contributed by atoms with van der Waals surface area (Å²) in [5.74, 6) is 1.25. The number of hydrogen-bond acceptors (Lipinski definition) is 4. The molecule has 1 atom stereocenters. The molecule has 9 heteroatoms. The molecule has 2 N–H and O–H groups in total. The fourth-order valence-corrected chi connectivity index (χ4v) is 6.60. The molecule has 7 nitrogen and oxygen atoms in total. The van der Waals surface area contributed by atoms with Gasteiger partial charge in [0.05, 0.1) is 22.3 Å². The molecule has 47 heavy (non-hydrogen) atoms. The van der Waals surface area contributed by atoms with Gasteiger partial charge in [0.1, 0.15) is 18.2 Å². The predicted molar refractivity (Wildman–Crippen MR) is 187 cm³/mol. The average Bonchev–Trinajstić information content (AvgIpc) is 3.50. The van der Waals surface area contributed by atoms with Crippen molar-refractivity contribution < 1.29 is 19.4 Å². The van der Waals surface area contributed by atoms with Crippen LogP contribution in [-0.2, 0) is 24.4 Å². The zero-order valence-electron chi connectivity index (χ0n) is 26.8. The Hall–Kier alpha value is -4.07. The first-order valence-corrected chi connectivity index (χ1v) is 17.0. The maximum Gasteiger partial charge on any atom is 0.335 e. The lowest BCUT2D eigenvalue weighted by Crippen LogP contribution is -2.37. The summed E-state index contributed by atoms with van der Waals surface area (Å²) in [6, 6.07) is 19.5. The number of hydrogen-bond donors (Lipinski definition) is 2. The van der Waals surface area contributed by atoms with E-state index in [2.05, 4.69) is 22.9 Å². The highest BCUT2D eigenvalue weighted by atomic mass is 35.5. The molecule has 3 aromatic carbocycles. The van der Waals surface area contributed by atoms with Gasteiger partial charge in [0.25, 0.3) is 0 Å². The first kappa shape index (κ1) is 34.3. The van der Waals surface area contributed by atoms with Gasteiger partial charge in [-0.1, -0.05) is 73.0 Å². The number of imidazole rings is 1. The first-order chi connectivity index (χ1) is 22.7. The van der Waals surface area contributed by atoms with Crippen LogP contribution in [0.1, 0.15) is 79.3 Å². The van der Waals surface area contributed by atoms with Crippen LogP contribution in [0, 0.1) is 11.8 Å². The molecule has 0 saturated heterocycles. The van der Waals surface area contributed by atoms with Crippen molar-refractivity contribution in [2.45, 2.75) is 71.6 Å². The molecule has 0 aliphatic heterocycles. The van der Waals surface area contributed by atoms with Crippen molar-refractivity contribution in [1.29, 1.82) is 0 Å². The van der Waals surface area contributed by atoms with Gasteiger partial charge >= 0.3 is 5.97 Å². The lowest BCUT2D eigenvalue weighted by molar-refractivity contribution is -0.127. The Labute approximate surface area is 286 Å². The second-order valence-corrected chi connectivity index (χ2v) is 13.0. The highest BCUT2D eigenvalue weighted by Gasteiger charge is 2.29. The van der Waals surface area contributed by atoms with Crippen LogP contribution in [-0.4, -0.2) is 26.5 Å². The zero-order chi connectivity index (χ0) is 33.3. The summed E-state index contributed by atoms with van der Waals surface area (Å²) in [6.45, 7) is 5.12. The van der Waals surface area contributed by atoms with E-state index in [1.165, 1.54) is 0 Å². The van der Waals surface area contributed by atoms with Crippen LogP contribution in [0.5, 0.6) is 5.75 Å². The Bertz CT molecular complexity index is 1690. The number of carboxylic acids is 1. The van der Waals surface area contributed by atoms with Crippen LogP contribution in [0.25, 0.3) is 11.3 Å². The summed E-state index contributed by atoms with van der Waals surface area (Å²) in [5, 5.41) is 13.6. The molecule has 1 heterocycles. The number of allylic oxidation sites excluding steroid dienone is 2. The van der Waals surface area contributed by atoms with Gasteiger partial charge in [-0.05, 0) is 98.5 Å². The van der Waals surface area contributed by atoms with Crippen LogP contribution < -0.4 is 10.1 Å². The van der Waals surface area contributed by atoms with Gasteiger partial charge < -0.3 is 19.7 Å². The summed E-state index contributed by atoms with van der Waals surface area (Å²) in [6.07, 6.45) is 11.7. The van der Waals surface area contributed by atoms with E-state index in [1.54, 1.807) is 36.4 Å². The van der Waals surface area contributed by atoms with E-state index < -0.39 is 5.97 Å². The van der Waals surface area contributed by atoms with Crippen LogP contribution in [0.4, 0.5) is 0 Å². The lowest BCUT2D eigenvalue weighted by Gasteiger charge is -2.29. The minimum Gasteiger partial charge on any atom is -0.489 e. The number of halogens is 2. The molecule has 1 aliphatic carbocycles. The summed E-state index contributed by atoms with van der Waals surface area (Å²) < 4.78 is 8.05. The number of carboxylic acid groups (broad SMARTS) is 1. The predicted octanol–water partition coefficient (Wildman–Crippen LogP) is 9.33. The number of amides is 1. The number of aromatic carboxylic acids is 1. The maximum atomic E-state index is 13.7. The normalized spacial score (nSPS) is 17.0. The number of rotatable bonds is 13. The van der Waals surface area contributed by atoms with Crippen LogP contribution in [0.3, 0.4) is 0 Å². The van der Waals surface area contributed by atoms with Crippen molar-refractivity contribution in [1.82, 2.24) is 14.9 Å². The number of nitrogens with zero attached hydrogens (tertiary/aromatic N) is 2. The van der Waals surface area contributed by atoms with Gasteiger partial charge in [-0.3, -0.25) is 4.79 Å². The highest BCUT2D eigenvalue weighted by molar-refractivity contribution is 6.36. The fourth-order valence-electron chi connectivity index (χ4n) is 6.10.